The smallest absolute Gasteiger partial charge is 0.0850 e. The highest BCUT2D eigenvalue weighted by Gasteiger charge is 2.24. The molecule has 1 aromatic rings. The van der Waals surface area contributed by atoms with Crippen molar-refractivity contribution in [2.75, 3.05) is 18.8 Å². The van der Waals surface area contributed by atoms with Crippen LogP contribution in [0.15, 0.2) is 18.2 Å². The van der Waals surface area contributed by atoms with E-state index in [1.54, 1.807) is 0 Å². The average Bonchev–Trinajstić information content (AvgIpc) is 2.33. The summed E-state index contributed by atoms with van der Waals surface area (Å²) in [5.74, 6) is 0.290. The number of aliphatic hydroxyl groups excluding tert-OH is 1. The fourth-order valence-corrected chi connectivity index (χ4v) is 2.36. The van der Waals surface area contributed by atoms with Crippen LogP contribution in [-0.4, -0.2) is 18.2 Å². The van der Waals surface area contributed by atoms with Gasteiger partial charge in [-0.2, -0.15) is 0 Å². The fraction of sp³-hybridized carbons (Fsp3) is 0.538. The number of aryl methyl sites for hydroxylation is 1. The molecule has 1 fully saturated rings. The normalized spacial score (nSPS) is 23.0. The van der Waals surface area contributed by atoms with Gasteiger partial charge in [-0.3, -0.25) is 0 Å². The van der Waals surface area contributed by atoms with Crippen LogP contribution in [0.4, 0.5) is 5.69 Å². The molecule has 2 unspecified atom stereocenters. The molecule has 88 valence electrons. The van der Waals surface area contributed by atoms with Crippen molar-refractivity contribution in [3.63, 3.8) is 0 Å². The van der Waals surface area contributed by atoms with E-state index in [9.17, 15) is 5.11 Å². The van der Waals surface area contributed by atoms with Crippen molar-refractivity contribution >= 4 is 5.69 Å². The molecular formula is C13H20N2O. The van der Waals surface area contributed by atoms with E-state index in [2.05, 4.69) is 5.32 Å². The summed E-state index contributed by atoms with van der Waals surface area (Å²) in [5, 5.41) is 13.6. The maximum atomic E-state index is 10.3. The Balaban J connectivity index is 2.19. The van der Waals surface area contributed by atoms with E-state index >= 15 is 0 Å². The first-order valence-electron chi connectivity index (χ1n) is 5.94. The third-order valence-electron chi connectivity index (χ3n) is 3.46. The minimum Gasteiger partial charge on any atom is -0.398 e. The Morgan fingerprint density at radius 3 is 3.00 bits per heavy atom. The van der Waals surface area contributed by atoms with Crippen LogP contribution in [0.25, 0.3) is 0 Å². The van der Waals surface area contributed by atoms with Crippen molar-refractivity contribution in [3.8, 4) is 0 Å². The van der Waals surface area contributed by atoms with E-state index in [1.165, 1.54) is 0 Å². The maximum Gasteiger partial charge on any atom is 0.0850 e. The summed E-state index contributed by atoms with van der Waals surface area (Å²) in [7, 11) is 0. The lowest BCUT2D eigenvalue weighted by Crippen LogP contribution is -2.33. The van der Waals surface area contributed by atoms with Crippen LogP contribution in [0.5, 0.6) is 0 Å². The summed E-state index contributed by atoms with van der Waals surface area (Å²) in [4.78, 5) is 0. The lowest BCUT2D eigenvalue weighted by molar-refractivity contribution is 0.0927. The summed E-state index contributed by atoms with van der Waals surface area (Å²) in [5.41, 5.74) is 8.67. The Hall–Kier alpha value is -1.06. The lowest BCUT2D eigenvalue weighted by Gasteiger charge is -2.28. The van der Waals surface area contributed by atoms with E-state index in [4.69, 9.17) is 5.73 Å². The van der Waals surface area contributed by atoms with E-state index in [0.717, 1.165) is 42.7 Å². The number of nitrogen functional groups attached to an aromatic ring is 1. The number of nitrogens with one attached hydrogen (secondary N) is 1. The molecule has 1 aromatic carbocycles. The van der Waals surface area contributed by atoms with E-state index in [1.807, 2.05) is 25.1 Å². The summed E-state index contributed by atoms with van der Waals surface area (Å²) >= 11 is 0. The molecule has 1 aliphatic rings. The number of rotatable bonds is 2. The predicted octanol–water partition coefficient (Wildman–Crippen LogP) is 1.61. The van der Waals surface area contributed by atoms with Gasteiger partial charge in [0.1, 0.15) is 0 Å². The third-order valence-corrected chi connectivity index (χ3v) is 3.46. The standard InChI is InChI=1S/C13H20N2O/c1-9-4-2-6-11(12(9)14)13(16)10-5-3-7-15-8-10/h2,4,6,10,13,15-16H,3,5,7-8,14H2,1H3. The Bertz CT molecular complexity index is 359. The van der Waals surface area contributed by atoms with E-state index in [-0.39, 0.29) is 5.92 Å². The Kier molecular flexibility index (Phi) is 3.46. The minimum absolute atomic E-state index is 0.290. The molecule has 1 saturated heterocycles. The molecule has 0 bridgehead atoms. The molecule has 1 heterocycles. The van der Waals surface area contributed by atoms with Gasteiger partial charge in [0.25, 0.3) is 0 Å². The monoisotopic (exact) mass is 220 g/mol. The van der Waals surface area contributed by atoms with Gasteiger partial charge in [-0.05, 0) is 31.9 Å². The van der Waals surface area contributed by atoms with Gasteiger partial charge in [0, 0.05) is 23.7 Å². The number of anilines is 1. The maximum absolute atomic E-state index is 10.3. The topological polar surface area (TPSA) is 58.3 Å². The van der Waals surface area contributed by atoms with Crippen molar-refractivity contribution in [3.05, 3.63) is 29.3 Å². The summed E-state index contributed by atoms with van der Waals surface area (Å²) < 4.78 is 0. The summed E-state index contributed by atoms with van der Waals surface area (Å²) in [6.45, 7) is 3.92. The molecule has 0 aliphatic carbocycles. The fourth-order valence-electron chi connectivity index (χ4n) is 2.36. The van der Waals surface area contributed by atoms with Gasteiger partial charge in [0.05, 0.1) is 6.10 Å². The van der Waals surface area contributed by atoms with Gasteiger partial charge in [0.2, 0.25) is 0 Å². The quantitative estimate of drug-likeness (QED) is 0.664. The van der Waals surface area contributed by atoms with Crippen LogP contribution in [0.1, 0.15) is 30.1 Å². The second-order valence-corrected chi connectivity index (χ2v) is 4.63. The molecule has 0 aromatic heterocycles. The minimum atomic E-state index is -0.437. The number of hydrogen-bond donors (Lipinski definition) is 3. The zero-order valence-corrected chi connectivity index (χ0v) is 9.74. The number of piperidine rings is 1. The zero-order valence-electron chi connectivity index (χ0n) is 9.74. The van der Waals surface area contributed by atoms with Crippen LogP contribution in [0.2, 0.25) is 0 Å². The number of aliphatic hydroxyl groups is 1. The van der Waals surface area contributed by atoms with Crippen molar-refractivity contribution in [1.29, 1.82) is 0 Å². The van der Waals surface area contributed by atoms with Gasteiger partial charge < -0.3 is 16.2 Å². The molecular weight excluding hydrogens is 200 g/mol. The second-order valence-electron chi connectivity index (χ2n) is 4.63. The predicted molar refractivity (Wildman–Crippen MR) is 66.1 cm³/mol. The number of para-hydroxylation sites is 1. The van der Waals surface area contributed by atoms with E-state index in [0.29, 0.717) is 0 Å². The van der Waals surface area contributed by atoms with Gasteiger partial charge in [-0.15, -0.1) is 0 Å². The highest BCUT2D eigenvalue weighted by Crippen LogP contribution is 2.31. The lowest BCUT2D eigenvalue weighted by atomic mass is 9.88. The molecule has 3 nitrogen and oxygen atoms in total. The van der Waals surface area contributed by atoms with Crippen molar-refractivity contribution < 1.29 is 5.11 Å². The summed E-state index contributed by atoms with van der Waals surface area (Å²) in [6.07, 6.45) is 1.77. The zero-order chi connectivity index (χ0) is 11.5. The molecule has 0 amide bonds. The number of benzene rings is 1. The van der Waals surface area contributed by atoms with Crippen LogP contribution in [0.3, 0.4) is 0 Å². The third kappa shape index (κ3) is 2.20. The first kappa shape index (κ1) is 11.4. The largest absolute Gasteiger partial charge is 0.398 e. The average molecular weight is 220 g/mol. The molecule has 1 aliphatic heterocycles. The Labute approximate surface area is 96.7 Å². The molecule has 2 rings (SSSR count). The first-order chi connectivity index (χ1) is 7.70. The van der Waals surface area contributed by atoms with Crippen LogP contribution < -0.4 is 11.1 Å². The second kappa shape index (κ2) is 4.85. The Morgan fingerprint density at radius 2 is 2.31 bits per heavy atom. The molecule has 0 radical (unpaired) electrons. The molecule has 4 N–H and O–H groups in total. The van der Waals surface area contributed by atoms with Gasteiger partial charge in [-0.1, -0.05) is 18.2 Å². The molecule has 0 spiro atoms. The SMILES string of the molecule is Cc1cccc(C(O)C2CCCNC2)c1N. The highest BCUT2D eigenvalue weighted by molar-refractivity contribution is 5.54. The molecule has 16 heavy (non-hydrogen) atoms. The van der Waals surface area contributed by atoms with E-state index < -0.39 is 6.10 Å². The van der Waals surface area contributed by atoms with Crippen LogP contribution >= 0.6 is 0 Å². The van der Waals surface area contributed by atoms with Crippen LogP contribution in [0, 0.1) is 12.8 Å². The van der Waals surface area contributed by atoms with Gasteiger partial charge in [0.15, 0.2) is 0 Å². The van der Waals surface area contributed by atoms with Crippen LogP contribution in [-0.2, 0) is 0 Å². The molecule has 2 atom stereocenters. The molecule has 0 saturated carbocycles. The molecule has 3 heteroatoms. The van der Waals surface area contributed by atoms with Gasteiger partial charge in [-0.25, -0.2) is 0 Å². The summed E-state index contributed by atoms with van der Waals surface area (Å²) in [6, 6.07) is 5.87. The van der Waals surface area contributed by atoms with Crippen molar-refractivity contribution in [2.45, 2.75) is 25.9 Å². The first-order valence-corrected chi connectivity index (χ1v) is 5.94. The number of hydrogen-bond acceptors (Lipinski definition) is 3. The number of nitrogens with two attached hydrogens (primary N) is 1. The highest BCUT2D eigenvalue weighted by atomic mass is 16.3. The van der Waals surface area contributed by atoms with Crippen molar-refractivity contribution in [2.24, 2.45) is 5.92 Å². The Morgan fingerprint density at radius 1 is 1.50 bits per heavy atom. The van der Waals surface area contributed by atoms with Crippen molar-refractivity contribution in [1.82, 2.24) is 5.32 Å². The van der Waals surface area contributed by atoms with Gasteiger partial charge >= 0.3 is 0 Å².